The minimum absolute atomic E-state index is 0.171. The van der Waals surface area contributed by atoms with Crippen molar-refractivity contribution in [1.82, 2.24) is 0 Å². The maximum absolute atomic E-state index is 6.31. The van der Waals surface area contributed by atoms with Crippen LogP contribution in [0.4, 0.5) is 5.69 Å². The third-order valence-electron chi connectivity index (χ3n) is 3.16. The van der Waals surface area contributed by atoms with Crippen LogP contribution in [0.3, 0.4) is 0 Å². The molecule has 1 nitrogen and oxygen atoms in total. The summed E-state index contributed by atoms with van der Waals surface area (Å²) >= 11 is 0. The van der Waals surface area contributed by atoms with E-state index in [4.69, 9.17) is 29.3 Å². The first kappa shape index (κ1) is 15.3. The first-order chi connectivity index (χ1) is 7.89. The molecule has 0 spiro atoms. The molecule has 4 heteroatoms. The quantitative estimate of drug-likeness (QED) is 0.505. The second-order valence-electron chi connectivity index (χ2n) is 6.90. The van der Waals surface area contributed by atoms with Gasteiger partial charge in [-0.3, -0.25) is 0 Å². The molecule has 0 atom stereocenters. The molecule has 0 aromatic heterocycles. The Morgan fingerprint density at radius 3 is 1.17 bits per heavy atom. The maximum atomic E-state index is 6.31. The second kappa shape index (κ2) is 4.40. The normalized spacial score (nSPS) is 12.8. The zero-order chi connectivity index (χ0) is 14.5. The van der Waals surface area contributed by atoms with Gasteiger partial charge in [-0.1, -0.05) is 69.1 Å². The van der Waals surface area contributed by atoms with Crippen molar-refractivity contribution in [2.24, 2.45) is 0 Å². The Kier molecular flexibility index (Phi) is 3.73. The zero-order valence-corrected chi connectivity index (χ0v) is 12.3. The topological polar surface area (TPSA) is 26.0 Å². The van der Waals surface area contributed by atoms with Gasteiger partial charge in [0, 0.05) is 5.69 Å². The van der Waals surface area contributed by atoms with Crippen molar-refractivity contribution in [3.05, 3.63) is 11.1 Å². The Balaban J connectivity index is 3.83. The minimum Gasteiger partial charge on any atom is -0.400 e. The Hall–Kier alpha value is -0.785. The van der Waals surface area contributed by atoms with E-state index in [1.807, 2.05) is 0 Å². The van der Waals surface area contributed by atoms with Crippen molar-refractivity contribution < 1.29 is 0 Å². The highest BCUT2D eigenvalue weighted by Crippen LogP contribution is 2.25. The van der Waals surface area contributed by atoms with Crippen LogP contribution in [-0.2, 0) is 10.8 Å². The molecule has 90 valence electrons. The average Bonchev–Trinajstić information content (AvgIpc) is 2.09. The number of anilines is 1. The van der Waals surface area contributed by atoms with Crippen molar-refractivity contribution in [3.8, 4) is 0 Å². The van der Waals surface area contributed by atoms with Crippen LogP contribution in [0, 0.1) is 0 Å². The summed E-state index contributed by atoms with van der Waals surface area (Å²) in [4.78, 5) is 0. The van der Waals surface area contributed by atoms with Crippen molar-refractivity contribution in [2.45, 2.75) is 52.4 Å². The van der Waals surface area contributed by atoms with Crippen LogP contribution in [0.15, 0.2) is 0 Å². The van der Waals surface area contributed by atoms with E-state index in [0.29, 0.717) is 22.1 Å². The van der Waals surface area contributed by atoms with E-state index in [0.717, 1.165) is 11.1 Å². The van der Waals surface area contributed by atoms with Crippen LogP contribution >= 0.6 is 0 Å². The van der Waals surface area contributed by atoms with Crippen LogP contribution in [0.1, 0.15) is 52.7 Å². The molecule has 0 saturated heterocycles. The second-order valence-corrected chi connectivity index (χ2v) is 6.90. The van der Waals surface area contributed by atoms with Gasteiger partial charge >= 0.3 is 0 Å². The number of nitrogen functional groups attached to an aromatic ring is 1. The van der Waals surface area contributed by atoms with Gasteiger partial charge in [-0.25, -0.2) is 0 Å². The molecule has 1 rings (SSSR count). The Bertz CT molecular complexity index is 438. The highest BCUT2D eigenvalue weighted by atomic mass is 14.6. The van der Waals surface area contributed by atoms with Gasteiger partial charge in [-0.2, -0.15) is 0 Å². The van der Waals surface area contributed by atoms with Crippen LogP contribution in [0.25, 0.3) is 0 Å². The fraction of sp³-hybridized carbons (Fsp3) is 0.571. The van der Waals surface area contributed by atoms with E-state index in [1.165, 1.54) is 0 Å². The smallest absolute Gasteiger partial charge is 0.117 e. The van der Waals surface area contributed by atoms with Gasteiger partial charge < -0.3 is 5.73 Å². The minimum atomic E-state index is -0.171. The first-order valence-electron chi connectivity index (χ1n) is 6.15. The van der Waals surface area contributed by atoms with E-state index in [-0.39, 0.29) is 10.8 Å². The van der Waals surface area contributed by atoms with Crippen molar-refractivity contribution in [3.63, 3.8) is 0 Å². The number of nitrogens with two attached hydrogens (primary N) is 1. The molecule has 0 aliphatic heterocycles. The van der Waals surface area contributed by atoms with Gasteiger partial charge in [0.15, 0.2) is 0 Å². The molecule has 1 aromatic carbocycles. The van der Waals surface area contributed by atoms with E-state index in [9.17, 15) is 0 Å². The summed E-state index contributed by atoms with van der Waals surface area (Å²) in [6.45, 7) is 12.4. The zero-order valence-electron chi connectivity index (χ0n) is 12.3. The van der Waals surface area contributed by atoms with Gasteiger partial charge in [0.05, 0.1) is 0 Å². The van der Waals surface area contributed by atoms with Crippen LogP contribution in [0.2, 0.25) is 0 Å². The fourth-order valence-corrected chi connectivity index (χ4v) is 2.45. The van der Waals surface area contributed by atoms with Crippen molar-refractivity contribution in [2.75, 3.05) is 5.73 Å². The largest absolute Gasteiger partial charge is 0.400 e. The maximum Gasteiger partial charge on any atom is 0.117 e. The Labute approximate surface area is 115 Å². The lowest BCUT2D eigenvalue weighted by atomic mass is 9.61. The molecule has 1 aromatic rings. The third-order valence-corrected chi connectivity index (χ3v) is 3.16. The lowest BCUT2D eigenvalue weighted by Gasteiger charge is -2.34. The van der Waals surface area contributed by atoms with Gasteiger partial charge in [-0.05, 0) is 10.8 Å². The molecule has 18 heavy (non-hydrogen) atoms. The fourth-order valence-electron chi connectivity index (χ4n) is 2.45. The molecule has 0 aliphatic carbocycles. The summed E-state index contributed by atoms with van der Waals surface area (Å²) in [7, 11) is 18.5. The average molecular weight is 235 g/mol. The van der Waals surface area contributed by atoms with Crippen molar-refractivity contribution >= 4 is 45.6 Å². The van der Waals surface area contributed by atoms with E-state index >= 15 is 0 Å². The standard InChI is InChI=1S/C14H20B3N/c1-13(2,3)7-9(15)8(14(4,5)6)11(17)12(18)10(7)16/h18H2,1-6H3. The SMILES string of the molecule is [B]c1c(N)c([B])c(C(C)(C)C)c([B])c1C(C)(C)C. The summed E-state index contributed by atoms with van der Waals surface area (Å²) in [5, 5.41) is 0. The summed E-state index contributed by atoms with van der Waals surface area (Å²) in [5.74, 6) is 0. The van der Waals surface area contributed by atoms with Crippen LogP contribution in [0.5, 0.6) is 0 Å². The number of rotatable bonds is 0. The molecule has 0 amide bonds. The predicted molar refractivity (Wildman–Crippen MR) is 84.4 cm³/mol. The highest BCUT2D eigenvalue weighted by Gasteiger charge is 2.27. The highest BCUT2D eigenvalue weighted by molar-refractivity contribution is 6.50. The number of benzene rings is 1. The molecule has 0 fully saturated rings. The van der Waals surface area contributed by atoms with Gasteiger partial charge in [-0.15, -0.1) is 0 Å². The Morgan fingerprint density at radius 2 is 0.944 bits per heavy atom. The van der Waals surface area contributed by atoms with E-state index in [2.05, 4.69) is 41.5 Å². The number of hydrogen-bond acceptors (Lipinski definition) is 1. The van der Waals surface area contributed by atoms with E-state index in [1.54, 1.807) is 0 Å². The molecule has 0 unspecified atom stereocenters. The third kappa shape index (κ3) is 2.48. The first-order valence-corrected chi connectivity index (χ1v) is 6.15. The summed E-state index contributed by atoms with van der Waals surface area (Å²) in [6, 6.07) is 0. The van der Waals surface area contributed by atoms with Gasteiger partial charge in [0.2, 0.25) is 0 Å². The van der Waals surface area contributed by atoms with Crippen molar-refractivity contribution in [1.29, 1.82) is 0 Å². The molecule has 6 radical (unpaired) electrons. The molecular formula is C14H20B3N. The molecule has 0 bridgehead atoms. The van der Waals surface area contributed by atoms with E-state index < -0.39 is 0 Å². The Morgan fingerprint density at radius 1 is 0.667 bits per heavy atom. The summed E-state index contributed by atoms with van der Waals surface area (Å²) in [6.07, 6.45) is 0. The summed E-state index contributed by atoms with van der Waals surface area (Å²) < 4.78 is 0. The number of hydrogen-bond donors (Lipinski definition) is 1. The lowest BCUT2D eigenvalue weighted by molar-refractivity contribution is 0.581. The summed E-state index contributed by atoms with van der Waals surface area (Å²) in [5.41, 5.74) is 9.59. The lowest BCUT2D eigenvalue weighted by Crippen LogP contribution is -2.45. The molecular weight excluding hydrogens is 215 g/mol. The molecule has 0 aliphatic rings. The molecule has 2 N–H and O–H groups in total. The molecule has 0 saturated carbocycles. The van der Waals surface area contributed by atoms with Crippen LogP contribution in [-0.4, -0.2) is 23.5 Å². The monoisotopic (exact) mass is 235 g/mol. The van der Waals surface area contributed by atoms with Crippen LogP contribution < -0.4 is 22.1 Å². The van der Waals surface area contributed by atoms with Gasteiger partial charge in [0.1, 0.15) is 23.5 Å². The predicted octanol–water partition coefficient (Wildman–Crippen LogP) is 0.245. The van der Waals surface area contributed by atoms with Gasteiger partial charge in [0.25, 0.3) is 0 Å². The molecule has 0 heterocycles.